The molecule has 2 aliphatic heterocycles. The maximum atomic E-state index is 12.9. The summed E-state index contributed by atoms with van der Waals surface area (Å²) in [5, 5.41) is 11.7. The summed E-state index contributed by atoms with van der Waals surface area (Å²) in [6.07, 6.45) is 1.66. The van der Waals surface area contributed by atoms with E-state index in [-0.39, 0.29) is 16.5 Å². The van der Waals surface area contributed by atoms with Crippen molar-refractivity contribution in [1.29, 1.82) is 0 Å². The van der Waals surface area contributed by atoms with Crippen molar-refractivity contribution in [3.05, 3.63) is 68.6 Å². The molecule has 0 radical (unpaired) electrons. The minimum absolute atomic E-state index is 0.0136. The first-order valence-corrected chi connectivity index (χ1v) is 10.6. The van der Waals surface area contributed by atoms with Gasteiger partial charge in [-0.25, -0.2) is 0 Å². The fourth-order valence-electron chi connectivity index (χ4n) is 3.38. The Kier molecular flexibility index (Phi) is 5.85. The zero-order chi connectivity index (χ0) is 21.3. The lowest BCUT2D eigenvalue weighted by molar-refractivity contribution is -0.384. The standard InChI is InChI=1S/C21H19N3O4S2/c1-14-2-5-16(6-3-14)23-20(25)19(30-21(23)29)13-15-4-7-17(18(12-15)24(26)27)22-8-10-28-11-9-22/h2-7,12-13H,8-11H2,1H3/b19-13+. The Morgan fingerprint density at radius 1 is 1.17 bits per heavy atom. The van der Waals surface area contributed by atoms with Crippen molar-refractivity contribution < 1.29 is 14.5 Å². The molecule has 1 amide bonds. The molecule has 0 unspecified atom stereocenters. The third-order valence-electron chi connectivity index (χ3n) is 4.93. The van der Waals surface area contributed by atoms with E-state index in [4.69, 9.17) is 17.0 Å². The van der Waals surface area contributed by atoms with E-state index >= 15 is 0 Å². The molecule has 2 aromatic rings. The van der Waals surface area contributed by atoms with Crippen molar-refractivity contribution in [2.75, 3.05) is 36.1 Å². The summed E-state index contributed by atoms with van der Waals surface area (Å²) in [5.41, 5.74) is 2.96. The summed E-state index contributed by atoms with van der Waals surface area (Å²) < 4.78 is 5.77. The number of ether oxygens (including phenoxy) is 1. The van der Waals surface area contributed by atoms with Gasteiger partial charge in [-0.3, -0.25) is 19.8 Å². The van der Waals surface area contributed by atoms with Crippen LogP contribution in [-0.4, -0.2) is 41.5 Å². The Hall–Kier alpha value is -2.75. The Bertz CT molecular complexity index is 1050. The lowest BCUT2D eigenvalue weighted by Crippen LogP contribution is -2.36. The number of amides is 1. The molecule has 0 atom stereocenters. The third kappa shape index (κ3) is 4.09. The topological polar surface area (TPSA) is 75.9 Å². The highest BCUT2D eigenvalue weighted by Gasteiger charge is 2.33. The Balaban J connectivity index is 1.63. The number of anilines is 2. The van der Waals surface area contributed by atoms with E-state index in [0.717, 1.165) is 5.56 Å². The van der Waals surface area contributed by atoms with Crippen molar-refractivity contribution in [1.82, 2.24) is 0 Å². The second-order valence-electron chi connectivity index (χ2n) is 6.96. The number of rotatable bonds is 4. The molecule has 30 heavy (non-hydrogen) atoms. The average molecular weight is 442 g/mol. The van der Waals surface area contributed by atoms with Crippen LogP contribution in [0, 0.1) is 17.0 Å². The maximum absolute atomic E-state index is 12.9. The van der Waals surface area contributed by atoms with Crippen LogP contribution in [0.5, 0.6) is 0 Å². The van der Waals surface area contributed by atoms with E-state index in [1.54, 1.807) is 18.2 Å². The number of carbonyl (C=O) groups excluding carboxylic acids is 1. The van der Waals surface area contributed by atoms with Gasteiger partial charge in [0, 0.05) is 19.2 Å². The number of carbonyl (C=O) groups is 1. The summed E-state index contributed by atoms with van der Waals surface area (Å²) in [7, 11) is 0. The van der Waals surface area contributed by atoms with E-state index < -0.39 is 0 Å². The van der Waals surface area contributed by atoms with Gasteiger partial charge in [0.05, 0.1) is 28.7 Å². The molecule has 2 heterocycles. The van der Waals surface area contributed by atoms with Crippen LogP contribution < -0.4 is 9.80 Å². The van der Waals surface area contributed by atoms with Crippen molar-refractivity contribution in [3.63, 3.8) is 0 Å². The normalized spacial score (nSPS) is 18.4. The van der Waals surface area contributed by atoms with Gasteiger partial charge in [0.25, 0.3) is 11.6 Å². The number of benzene rings is 2. The second-order valence-corrected chi connectivity index (χ2v) is 8.63. The Morgan fingerprint density at radius 2 is 1.87 bits per heavy atom. The summed E-state index contributed by atoms with van der Waals surface area (Å²) >= 11 is 6.59. The van der Waals surface area contributed by atoms with Crippen LogP contribution in [-0.2, 0) is 9.53 Å². The van der Waals surface area contributed by atoms with Crippen LogP contribution in [0.1, 0.15) is 11.1 Å². The number of hydrogen-bond donors (Lipinski definition) is 0. The third-order valence-corrected chi connectivity index (χ3v) is 6.23. The lowest BCUT2D eigenvalue weighted by Gasteiger charge is -2.28. The number of thioether (sulfide) groups is 1. The number of nitrogens with zero attached hydrogens (tertiary/aromatic N) is 3. The van der Waals surface area contributed by atoms with Crippen LogP contribution in [0.25, 0.3) is 6.08 Å². The molecule has 2 saturated heterocycles. The monoisotopic (exact) mass is 441 g/mol. The zero-order valence-corrected chi connectivity index (χ0v) is 17.9. The van der Waals surface area contributed by atoms with Gasteiger partial charge in [-0.1, -0.05) is 47.7 Å². The summed E-state index contributed by atoms with van der Waals surface area (Å²) in [4.78, 5) is 28.1. The highest BCUT2D eigenvalue weighted by Crippen LogP contribution is 2.37. The zero-order valence-electron chi connectivity index (χ0n) is 16.2. The molecule has 0 aliphatic carbocycles. The van der Waals surface area contributed by atoms with Gasteiger partial charge in [-0.05, 0) is 36.8 Å². The number of aryl methyl sites for hydroxylation is 1. The molecule has 2 fully saturated rings. The fraction of sp³-hybridized carbons (Fsp3) is 0.238. The lowest BCUT2D eigenvalue weighted by atomic mass is 10.1. The van der Waals surface area contributed by atoms with Gasteiger partial charge in [-0.2, -0.15) is 0 Å². The smallest absolute Gasteiger partial charge is 0.293 e. The predicted octanol–water partition coefficient (Wildman–Crippen LogP) is 4.15. The summed E-state index contributed by atoms with van der Waals surface area (Å²) in [6.45, 7) is 4.27. The highest BCUT2D eigenvalue weighted by molar-refractivity contribution is 8.27. The molecule has 0 bridgehead atoms. The maximum Gasteiger partial charge on any atom is 0.293 e. The van der Waals surface area contributed by atoms with Gasteiger partial charge in [0.1, 0.15) is 5.69 Å². The Morgan fingerprint density at radius 3 is 2.53 bits per heavy atom. The van der Waals surface area contributed by atoms with Crippen LogP contribution in [0.3, 0.4) is 0 Å². The minimum Gasteiger partial charge on any atom is -0.378 e. The minimum atomic E-state index is -0.389. The van der Waals surface area contributed by atoms with Crippen LogP contribution >= 0.6 is 24.0 Å². The highest BCUT2D eigenvalue weighted by atomic mass is 32.2. The van der Waals surface area contributed by atoms with Gasteiger partial charge in [0.2, 0.25) is 0 Å². The Labute approximate surface area is 183 Å². The van der Waals surface area contributed by atoms with Gasteiger partial charge in [-0.15, -0.1) is 0 Å². The van der Waals surface area contributed by atoms with E-state index in [1.165, 1.54) is 22.7 Å². The van der Waals surface area contributed by atoms with Gasteiger partial charge >= 0.3 is 0 Å². The largest absolute Gasteiger partial charge is 0.378 e. The van der Waals surface area contributed by atoms with E-state index in [1.807, 2.05) is 36.1 Å². The summed E-state index contributed by atoms with van der Waals surface area (Å²) in [6, 6.07) is 12.6. The number of hydrogen-bond acceptors (Lipinski definition) is 7. The van der Waals surface area contributed by atoms with Gasteiger partial charge < -0.3 is 9.64 Å². The molecule has 0 aromatic heterocycles. The number of thiocarbonyl (C=S) groups is 1. The first kappa shape index (κ1) is 20.5. The molecule has 9 heteroatoms. The van der Waals surface area contributed by atoms with Gasteiger partial charge in [0.15, 0.2) is 4.32 Å². The van der Waals surface area contributed by atoms with E-state index in [9.17, 15) is 14.9 Å². The molecule has 7 nitrogen and oxygen atoms in total. The number of morpholine rings is 1. The van der Waals surface area contributed by atoms with Crippen molar-refractivity contribution in [2.45, 2.75) is 6.92 Å². The predicted molar refractivity (Wildman–Crippen MR) is 123 cm³/mol. The number of nitro benzene ring substituents is 1. The fourth-order valence-corrected chi connectivity index (χ4v) is 4.68. The molecular weight excluding hydrogens is 422 g/mol. The van der Waals surface area contributed by atoms with Crippen molar-refractivity contribution in [2.24, 2.45) is 0 Å². The van der Waals surface area contributed by atoms with Crippen LogP contribution in [0.2, 0.25) is 0 Å². The van der Waals surface area contributed by atoms with Crippen molar-refractivity contribution >= 4 is 57.3 Å². The van der Waals surface area contributed by atoms with E-state index in [2.05, 4.69) is 0 Å². The molecule has 0 N–H and O–H groups in total. The molecule has 4 rings (SSSR count). The SMILES string of the molecule is Cc1ccc(N2C(=O)/C(=C\c3ccc(N4CCOCC4)c([N+](=O)[O-])c3)SC2=S)cc1. The molecule has 2 aliphatic rings. The van der Waals surface area contributed by atoms with Crippen molar-refractivity contribution in [3.8, 4) is 0 Å². The molecule has 0 spiro atoms. The first-order valence-electron chi connectivity index (χ1n) is 9.40. The molecule has 2 aromatic carbocycles. The number of nitro groups is 1. The van der Waals surface area contributed by atoms with E-state index in [0.29, 0.717) is 52.5 Å². The molecule has 0 saturated carbocycles. The summed E-state index contributed by atoms with van der Waals surface area (Å²) in [5.74, 6) is -0.228. The molecular formula is C21H19N3O4S2. The first-order chi connectivity index (χ1) is 14.4. The second kappa shape index (κ2) is 8.55. The average Bonchev–Trinajstić information content (AvgIpc) is 3.02. The molecule has 154 valence electrons. The quantitative estimate of drug-likeness (QED) is 0.305. The van der Waals surface area contributed by atoms with Crippen LogP contribution in [0.15, 0.2) is 47.4 Å². The van der Waals surface area contributed by atoms with Crippen LogP contribution in [0.4, 0.5) is 17.1 Å².